The number of carbonyl (C=O) groups is 2. The summed E-state index contributed by atoms with van der Waals surface area (Å²) in [5, 5.41) is 6.07. The number of ether oxygens (including phenoxy) is 1. The minimum atomic E-state index is -0.472. The van der Waals surface area contributed by atoms with Gasteiger partial charge >= 0.3 is 0 Å². The maximum atomic E-state index is 12.7. The van der Waals surface area contributed by atoms with Crippen LogP contribution in [0.5, 0.6) is 5.75 Å². The Kier molecular flexibility index (Phi) is 8.74. The van der Waals surface area contributed by atoms with Crippen molar-refractivity contribution in [1.29, 1.82) is 0 Å². The van der Waals surface area contributed by atoms with Gasteiger partial charge in [0.2, 0.25) is 5.91 Å². The molecule has 1 saturated carbocycles. The number of benzene rings is 1. The summed E-state index contributed by atoms with van der Waals surface area (Å²) < 4.78 is 5.71. The number of amides is 2. The van der Waals surface area contributed by atoms with Gasteiger partial charge in [0.15, 0.2) is 5.75 Å². The van der Waals surface area contributed by atoms with Crippen molar-refractivity contribution in [2.45, 2.75) is 33.6 Å². The lowest BCUT2D eigenvalue weighted by molar-refractivity contribution is -0.117. The van der Waals surface area contributed by atoms with Crippen LogP contribution in [0.3, 0.4) is 0 Å². The average molecular weight is 478 g/mol. The molecule has 1 aliphatic rings. The van der Waals surface area contributed by atoms with Crippen LogP contribution in [0.25, 0.3) is 0 Å². The van der Waals surface area contributed by atoms with Gasteiger partial charge in [-0.15, -0.1) is 0 Å². The van der Waals surface area contributed by atoms with Crippen LogP contribution in [0.2, 0.25) is 0 Å². The molecule has 1 aliphatic carbocycles. The van der Waals surface area contributed by atoms with E-state index in [4.69, 9.17) is 9.57 Å². The Morgan fingerprint density at radius 1 is 1.23 bits per heavy atom. The zero-order chi connectivity index (χ0) is 25.4. The van der Waals surface area contributed by atoms with E-state index in [0.717, 1.165) is 29.7 Å². The summed E-state index contributed by atoms with van der Waals surface area (Å²) in [6.07, 6.45) is 6.60. The van der Waals surface area contributed by atoms with Gasteiger partial charge in [-0.25, -0.2) is 10.5 Å². The molecule has 1 fully saturated rings. The van der Waals surface area contributed by atoms with Gasteiger partial charge in [-0.2, -0.15) is 0 Å². The molecular formula is C26H31N5O4. The first-order valence-corrected chi connectivity index (χ1v) is 11.4. The first-order valence-electron chi connectivity index (χ1n) is 11.4. The van der Waals surface area contributed by atoms with E-state index in [0.29, 0.717) is 29.5 Å². The Hall–Kier alpha value is -3.98. The molecule has 0 atom stereocenters. The maximum absolute atomic E-state index is 12.7. The van der Waals surface area contributed by atoms with Crippen molar-refractivity contribution in [3.8, 4) is 5.75 Å². The number of hydroxylamine groups is 1. The lowest BCUT2D eigenvalue weighted by atomic mass is 10.1. The first kappa shape index (κ1) is 25.6. The van der Waals surface area contributed by atoms with Crippen LogP contribution >= 0.6 is 0 Å². The van der Waals surface area contributed by atoms with Crippen molar-refractivity contribution < 1.29 is 19.2 Å². The van der Waals surface area contributed by atoms with E-state index in [1.54, 1.807) is 32.4 Å². The topological polar surface area (TPSA) is 114 Å². The van der Waals surface area contributed by atoms with Gasteiger partial charge in [-0.05, 0) is 51.3 Å². The summed E-state index contributed by atoms with van der Waals surface area (Å²) in [4.78, 5) is 38.8. The molecule has 3 N–H and O–H groups in total. The summed E-state index contributed by atoms with van der Waals surface area (Å²) in [6, 6.07) is 7.20. The zero-order valence-corrected chi connectivity index (χ0v) is 20.5. The molecule has 35 heavy (non-hydrogen) atoms. The number of rotatable bonds is 11. The van der Waals surface area contributed by atoms with E-state index in [1.807, 2.05) is 32.0 Å². The van der Waals surface area contributed by atoms with Gasteiger partial charge in [-0.3, -0.25) is 19.4 Å². The van der Waals surface area contributed by atoms with E-state index in [2.05, 4.69) is 32.7 Å². The van der Waals surface area contributed by atoms with Crippen molar-refractivity contribution in [3.63, 3.8) is 0 Å². The first-order chi connectivity index (χ1) is 16.9. The monoisotopic (exact) mass is 477 g/mol. The average Bonchev–Trinajstić information content (AvgIpc) is 3.71. The number of aromatic nitrogens is 1. The summed E-state index contributed by atoms with van der Waals surface area (Å²) >= 11 is 0. The van der Waals surface area contributed by atoms with Crippen LogP contribution in [-0.4, -0.2) is 36.2 Å². The normalized spacial score (nSPS) is 13.7. The van der Waals surface area contributed by atoms with E-state index in [-0.39, 0.29) is 17.4 Å². The second kappa shape index (κ2) is 11.9. The number of methoxy groups -OCH3 is 1. The highest BCUT2D eigenvalue weighted by Gasteiger charge is 2.30. The van der Waals surface area contributed by atoms with Crippen LogP contribution in [-0.2, 0) is 9.63 Å². The third kappa shape index (κ3) is 6.77. The second-order valence-corrected chi connectivity index (χ2v) is 8.05. The number of hydrogen-bond donors (Lipinski definition) is 3. The van der Waals surface area contributed by atoms with E-state index in [1.165, 1.54) is 6.20 Å². The van der Waals surface area contributed by atoms with E-state index in [9.17, 15) is 9.59 Å². The number of aliphatic imine (C=N–C) groups is 1. The highest BCUT2D eigenvalue weighted by molar-refractivity contribution is 6.04. The molecule has 0 unspecified atom stereocenters. The third-order valence-electron chi connectivity index (χ3n) is 5.32. The van der Waals surface area contributed by atoms with Gasteiger partial charge in [-0.1, -0.05) is 18.7 Å². The number of hydrogen-bond acceptors (Lipinski definition) is 7. The van der Waals surface area contributed by atoms with Crippen LogP contribution in [0.1, 0.15) is 49.5 Å². The molecule has 0 spiro atoms. The molecule has 0 aliphatic heterocycles. The van der Waals surface area contributed by atoms with Crippen molar-refractivity contribution in [3.05, 3.63) is 66.0 Å². The Morgan fingerprint density at radius 3 is 2.66 bits per heavy atom. The molecule has 0 saturated heterocycles. The van der Waals surface area contributed by atoms with Crippen molar-refractivity contribution in [1.82, 2.24) is 10.5 Å². The SMILES string of the molecule is C=C/C(C)=C\N=C(C)c1cccc(Nc2cc(NC(=O)C3CC3)ncc2C(=O)NOCC)c1OC. The smallest absolute Gasteiger partial charge is 0.278 e. The molecular weight excluding hydrogens is 446 g/mol. The highest BCUT2D eigenvalue weighted by Crippen LogP contribution is 2.34. The number of pyridine rings is 1. The van der Waals surface area contributed by atoms with Gasteiger partial charge < -0.3 is 15.4 Å². The quantitative estimate of drug-likeness (QED) is 0.244. The number of allylic oxidation sites excluding steroid dienone is 2. The third-order valence-corrected chi connectivity index (χ3v) is 5.32. The number of nitrogens with zero attached hydrogens (tertiary/aromatic N) is 2. The number of anilines is 3. The standard InChI is InChI=1S/C26H31N5O4/c1-6-16(3)14-27-17(4)19-9-8-10-21(24(19)34-5)29-22-13-23(30-25(32)18-11-12-18)28-15-20(22)26(33)31-35-7-2/h6,8-10,13-15,18H,1,7,11-12H2,2-5H3,(H,31,33)(H2,28,29,30,32)/b16-14-,27-17?. The molecule has 0 bridgehead atoms. The molecule has 1 aromatic heterocycles. The molecule has 1 aromatic carbocycles. The fraction of sp³-hybridized carbons (Fsp3) is 0.308. The molecule has 184 valence electrons. The van der Waals surface area contributed by atoms with Crippen LogP contribution in [0.4, 0.5) is 17.2 Å². The Bertz CT molecular complexity index is 1170. The van der Waals surface area contributed by atoms with Crippen LogP contribution in [0, 0.1) is 5.92 Å². The number of para-hydroxylation sites is 1. The summed E-state index contributed by atoms with van der Waals surface area (Å²) in [6.45, 7) is 9.61. The number of nitrogens with one attached hydrogen (secondary N) is 3. The Morgan fingerprint density at radius 2 is 2.00 bits per heavy atom. The number of carbonyl (C=O) groups excluding carboxylic acids is 2. The fourth-order valence-corrected chi connectivity index (χ4v) is 3.18. The second-order valence-electron chi connectivity index (χ2n) is 8.05. The molecule has 9 nitrogen and oxygen atoms in total. The summed E-state index contributed by atoms with van der Waals surface area (Å²) in [5.41, 5.74) is 6.12. The minimum absolute atomic E-state index is 0.0203. The summed E-state index contributed by atoms with van der Waals surface area (Å²) in [5.74, 6) is 0.362. The maximum Gasteiger partial charge on any atom is 0.278 e. The molecule has 3 rings (SSSR count). The zero-order valence-electron chi connectivity index (χ0n) is 20.5. The molecule has 9 heteroatoms. The molecule has 2 amide bonds. The van der Waals surface area contributed by atoms with Crippen LogP contribution < -0.4 is 20.9 Å². The minimum Gasteiger partial charge on any atom is -0.494 e. The van der Waals surface area contributed by atoms with Gasteiger partial charge in [0, 0.05) is 35.7 Å². The van der Waals surface area contributed by atoms with Crippen molar-refractivity contribution in [2.75, 3.05) is 24.4 Å². The van der Waals surface area contributed by atoms with Gasteiger partial charge in [0.1, 0.15) is 5.82 Å². The van der Waals surface area contributed by atoms with Gasteiger partial charge in [0.05, 0.1) is 30.7 Å². The predicted octanol–water partition coefficient (Wildman–Crippen LogP) is 4.76. The lowest BCUT2D eigenvalue weighted by Crippen LogP contribution is -2.25. The summed E-state index contributed by atoms with van der Waals surface area (Å²) in [7, 11) is 1.57. The largest absolute Gasteiger partial charge is 0.494 e. The van der Waals surface area contributed by atoms with Crippen molar-refractivity contribution >= 4 is 34.7 Å². The van der Waals surface area contributed by atoms with Gasteiger partial charge in [0.25, 0.3) is 5.91 Å². The Balaban J connectivity index is 1.99. The van der Waals surface area contributed by atoms with Crippen LogP contribution in [0.15, 0.2) is 59.9 Å². The fourth-order valence-electron chi connectivity index (χ4n) is 3.18. The highest BCUT2D eigenvalue weighted by atomic mass is 16.6. The molecule has 1 heterocycles. The molecule has 2 aromatic rings. The van der Waals surface area contributed by atoms with E-state index < -0.39 is 5.91 Å². The van der Waals surface area contributed by atoms with E-state index >= 15 is 0 Å². The lowest BCUT2D eigenvalue weighted by Gasteiger charge is -2.17. The molecule has 0 radical (unpaired) electrons. The predicted molar refractivity (Wildman–Crippen MR) is 137 cm³/mol. The van der Waals surface area contributed by atoms with Crippen molar-refractivity contribution in [2.24, 2.45) is 10.9 Å². The Labute approximate surface area is 205 Å².